The summed E-state index contributed by atoms with van der Waals surface area (Å²) in [4.78, 5) is 38.5. The first kappa shape index (κ1) is 18.9. The lowest BCUT2D eigenvalue weighted by Crippen LogP contribution is -2.42. The highest BCUT2D eigenvalue weighted by Crippen LogP contribution is 2.29. The van der Waals surface area contributed by atoms with Crippen LogP contribution >= 0.6 is 0 Å². The van der Waals surface area contributed by atoms with Crippen molar-refractivity contribution in [2.45, 2.75) is 57.0 Å². The molecule has 2 N–H and O–H groups in total. The van der Waals surface area contributed by atoms with Crippen molar-refractivity contribution >= 4 is 17.8 Å². The predicted octanol–water partition coefficient (Wildman–Crippen LogP) is 2.16. The minimum Gasteiger partial charge on any atom is -0.353 e. The fourth-order valence-electron chi connectivity index (χ4n) is 3.76. The SMILES string of the molecule is CC1(c2cccc(C#N)c2)NC(=O)N(CCC(=O)NC2CCCCC2)C1=O. The van der Waals surface area contributed by atoms with Gasteiger partial charge in [-0.3, -0.25) is 14.5 Å². The van der Waals surface area contributed by atoms with Crippen LogP contribution in [-0.2, 0) is 15.1 Å². The lowest BCUT2D eigenvalue weighted by molar-refractivity contribution is -0.131. The van der Waals surface area contributed by atoms with Crippen LogP contribution in [0.5, 0.6) is 0 Å². The number of amides is 4. The molecular weight excluding hydrogens is 344 g/mol. The normalized spacial score (nSPS) is 23.0. The Labute approximate surface area is 158 Å². The molecule has 7 nitrogen and oxygen atoms in total. The second kappa shape index (κ2) is 7.78. The minimum absolute atomic E-state index is 0.0384. The molecule has 1 aliphatic carbocycles. The Bertz CT molecular complexity index is 795. The predicted molar refractivity (Wildman–Crippen MR) is 98.4 cm³/mol. The number of carbonyl (C=O) groups excluding carboxylic acids is 3. The summed E-state index contributed by atoms with van der Waals surface area (Å²) in [6.07, 6.45) is 5.52. The zero-order valence-electron chi connectivity index (χ0n) is 15.5. The van der Waals surface area contributed by atoms with Crippen molar-refractivity contribution < 1.29 is 14.4 Å². The van der Waals surface area contributed by atoms with E-state index in [0.29, 0.717) is 11.1 Å². The number of carbonyl (C=O) groups is 3. The topological polar surface area (TPSA) is 102 Å². The maximum absolute atomic E-state index is 12.9. The fourth-order valence-corrected chi connectivity index (χ4v) is 3.76. The molecule has 2 aliphatic rings. The molecule has 1 aliphatic heterocycles. The van der Waals surface area contributed by atoms with E-state index >= 15 is 0 Å². The number of imide groups is 1. The van der Waals surface area contributed by atoms with Gasteiger partial charge in [0.2, 0.25) is 5.91 Å². The van der Waals surface area contributed by atoms with E-state index in [2.05, 4.69) is 10.6 Å². The van der Waals surface area contributed by atoms with Crippen molar-refractivity contribution in [2.24, 2.45) is 0 Å². The van der Waals surface area contributed by atoms with Gasteiger partial charge in [0, 0.05) is 19.0 Å². The van der Waals surface area contributed by atoms with Crippen LogP contribution < -0.4 is 10.6 Å². The molecule has 1 heterocycles. The zero-order chi connectivity index (χ0) is 19.4. The highest BCUT2D eigenvalue weighted by atomic mass is 16.2. The summed E-state index contributed by atoms with van der Waals surface area (Å²) in [6.45, 7) is 1.66. The van der Waals surface area contributed by atoms with Gasteiger partial charge < -0.3 is 10.6 Å². The first-order chi connectivity index (χ1) is 12.9. The first-order valence-electron chi connectivity index (χ1n) is 9.38. The summed E-state index contributed by atoms with van der Waals surface area (Å²) in [7, 11) is 0. The Hall–Kier alpha value is -2.88. The molecule has 0 aromatic heterocycles. The van der Waals surface area contributed by atoms with E-state index in [0.717, 1.165) is 30.6 Å². The molecule has 0 bridgehead atoms. The first-order valence-corrected chi connectivity index (χ1v) is 9.38. The summed E-state index contributed by atoms with van der Waals surface area (Å²) in [6, 6.07) is 8.34. The number of hydrogen-bond donors (Lipinski definition) is 2. The van der Waals surface area contributed by atoms with Gasteiger partial charge in [-0.1, -0.05) is 31.4 Å². The molecule has 4 amide bonds. The second-order valence-corrected chi connectivity index (χ2v) is 7.36. The average Bonchev–Trinajstić information content (AvgIpc) is 2.90. The number of urea groups is 1. The van der Waals surface area contributed by atoms with Crippen molar-refractivity contribution in [3.63, 3.8) is 0 Å². The third kappa shape index (κ3) is 3.95. The van der Waals surface area contributed by atoms with Crippen molar-refractivity contribution in [3.8, 4) is 6.07 Å². The molecule has 0 spiro atoms. The van der Waals surface area contributed by atoms with E-state index in [1.165, 1.54) is 6.42 Å². The number of nitrogens with one attached hydrogen (secondary N) is 2. The number of rotatable bonds is 5. The van der Waals surface area contributed by atoms with Gasteiger partial charge in [0.15, 0.2) is 0 Å². The van der Waals surface area contributed by atoms with E-state index in [1.807, 2.05) is 6.07 Å². The Morgan fingerprint density at radius 3 is 2.78 bits per heavy atom. The van der Waals surface area contributed by atoms with Crippen LogP contribution in [0.2, 0.25) is 0 Å². The maximum Gasteiger partial charge on any atom is 0.325 e. The van der Waals surface area contributed by atoms with E-state index < -0.39 is 17.5 Å². The van der Waals surface area contributed by atoms with Gasteiger partial charge in [-0.25, -0.2) is 4.79 Å². The van der Waals surface area contributed by atoms with Gasteiger partial charge >= 0.3 is 6.03 Å². The largest absolute Gasteiger partial charge is 0.353 e. The number of hydrogen-bond acceptors (Lipinski definition) is 4. The van der Waals surface area contributed by atoms with Gasteiger partial charge in [0.1, 0.15) is 5.54 Å². The molecule has 1 saturated heterocycles. The highest BCUT2D eigenvalue weighted by Gasteiger charge is 2.48. The van der Waals surface area contributed by atoms with Gasteiger partial charge in [-0.05, 0) is 37.5 Å². The Morgan fingerprint density at radius 2 is 2.07 bits per heavy atom. The molecule has 3 rings (SSSR count). The number of benzene rings is 1. The molecule has 1 atom stereocenters. The summed E-state index contributed by atoms with van der Waals surface area (Å²) in [5.41, 5.74) is -0.265. The minimum atomic E-state index is -1.23. The molecular formula is C20H24N4O3. The molecule has 2 fully saturated rings. The van der Waals surface area contributed by atoms with Crippen molar-refractivity contribution in [3.05, 3.63) is 35.4 Å². The average molecular weight is 368 g/mol. The summed E-state index contributed by atoms with van der Waals surface area (Å²) in [5.74, 6) is -0.546. The summed E-state index contributed by atoms with van der Waals surface area (Å²) < 4.78 is 0. The number of nitriles is 1. The molecule has 27 heavy (non-hydrogen) atoms. The fraction of sp³-hybridized carbons (Fsp3) is 0.500. The lowest BCUT2D eigenvalue weighted by Gasteiger charge is -2.24. The molecule has 142 valence electrons. The Balaban J connectivity index is 1.63. The van der Waals surface area contributed by atoms with Crippen LogP contribution in [0.1, 0.15) is 56.6 Å². The van der Waals surface area contributed by atoms with Crippen molar-refractivity contribution in [1.29, 1.82) is 5.26 Å². The highest BCUT2D eigenvalue weighted by molar-refractivity contribution is 6.07. The monoisotopic (exact) mass is 368 g/mol. The quantitative estimate of drug-likeness (QED) is 0.778. The molecule has 1 saturated carbocycles. The van der Waals surface area contributed by atoms with Crippen LogP contribution in [0.3, 0.4) is 0 Å². The number of nitrogens with zero attached hydrogens (tertiary/aromatic N) is 2. The van der Waals surface area contributed by atoms with E-state index in [9.17, 15) is 14.4 Å². The summed E-state index contributed by atoms with van der Waals surface area (Å²) >= 11 is 0. The van der Waals surface area contributed by atoms with Crippen LogP contribution in [0.15, 0.2) is 24.3 Å². The summed E-state index contributed by atoms with van der Waals surface area (Å²) in [5, 5.41) is 14.8. The molecule has 1 aromatic carbocycles. The van der Waals surface area contributed by atoms with E-state index in [4.69, 9.17) is 5.26 Å². The zero-order valence-corrected chi connectivity index (χ0v) is 15.5. The molecule has 0 radical (unpaired) electrons. The van der Waals surface area contributed by atoms with E-state index in [-0.39, 0.29) is 24.9 Å². The smallest absolute Gasteiger partial charge is 0.325 e. The van der Waals surface area contributed by atoms with Gasteiger partial charge in [-0.15, -0.1) is 0 Å². The Morgan fingerprint density at radius 1 is 1.33 bits per heavy atom. The van der Waals surface area contributed by atoms with Crippen LogP contribution in [0, 0.1) is 11.3 Å². The van der Waals surface area contributed by atoms with Crippen LogP contribution in [0.4, 0.5) is 4.79 Å². The maximum atomic E-state index is 12.9. The van der Waals surface area contributed by atoms with Gasteiger partial charge in [-0.2, -0.15) is 5.26 Å². The lowest BCUT2D eigenvalue weighted by atomic mass is 9.91. The third-order valence-electron chi connectivity index (χ3n) is 5.38. The van der Waals surface area contributed by atoms with Crippen molar-refractivity contribution in [2.75, 3.05) is 6.54 Å². The van der Waals surface area contributed by atoms with Gasteiger partial charge in [0.05, 0.1) is 11.6 Å². The molecule has 1 unspecified atom stereocenters. The van der Waals surface area contributed by atoms with E-state index in [1.54, 1.807) is 31.2 Å². The molecule has 7 heteroatoms. The van der Waals surface area contributed by atoms with Crippen LogP contribution in [0.25, 0.3) is 0 Å². The van der Waals surface area contributed by atoms with Crippen LogP contribution in [-0.4, -0.2) is 35.3 Å². The molecule has 1 aromatic rings. The Kier molecular flexibility index (Phi) is 5.45. The third-order valence-corrected chi connectivity index (χ3v) is 5.38. The standard InChI is InChI=1S/C20H24N4O3/c1-20(15-7-5-6-14(12-15)13-21)18(26)24(19(27)23-20)11-10-17(25)22-16-8-3-2-4-9-16/h5-7,12,16H,2-4,8-11H2,1H3,(H,22,25)(H,23,27). The van der Waals surface area contributed by atoms with Gasteiger partial charge in [0.25, 0.3) is 5.91 Å². The van der Waals surface area contributed by atoms with Crippen molar-refractivity contribution in [1.82, 2.24) is 15.5 Å². The second-order valence-electron chi connectivity index (χ2n) is 7.36.